The van der Waals surface area contributed by atoms with E-state index in [4.69, 9.17) is 4.74 Å². The monoisotopic (exact) mass is 398 g/mol. The van der Waals surface area contributed by atoms with E-state index in [-0.39, 0.29) is 0 Å². The van der Waals surface area contributed by atoms with E-state index in [1.807, 2.05) is 43.3 Å². The van der Waals surface area contributed by atoms with Crippen molar-refractivity contribution in [2.24, 2.45) is 0 Å². The lowest BCUT2D eigenvalue weighted by atomic mass is 9.99. The van der Waals surface area contributed by atoms with Crippen LogP contribution < -0.4 is 4.74 Å². The van der Waals surface area contributed by atoms with Crippen molar-refractivity contribution in [3.05, 3.63) is 62.0 Å². The van der Waals surface area contributed by atoms with Crippen LogP contribution in [0.5, 0.6) is 5.75 Å². The maximum absolute atomic E-state index is 10.5. The van der Waals surface area contributed by atoms with Gasteiger partial charge in [-0.1, -0.05) is 50.1 Å². The Labute approximate surface area is 136 Å². The van der Waals surface area contributed by atoms with Crippen molar-refractivity contribution >= 4 is 31.9 Å². The van der Waals surface area contributed by atoms with E-state index >= 15 is 0 Å². The second-order valence-electron chi connectivity index (χ2n) is 4.65. The number of ether oxygens (including phenoxy) is 1. The number of rotatable bonds is 4. The van der Waals surface area contributed by atoms with Crippen LogP contribution in [-0.4, -0.2) is 12.2 Å². The van der Waals surface area contributed by atoms with Gasteiger partial charge in [-0.15, -0.1) is 0 Å². The summed E-state index contributed by atoms with van der Waals surface area (Å²) in [6.45, 7) is 2.01. The molecular formula is C16H16Br2O2. The number of methoxy groups -OCH3 is 1. The Balaban J connectivity index is 2.30. The minimum atomic E-state index is -0.576. The summed E-state index contributed by atoms with van der Waals surface area (Å²) in [5, 5.41) is 10.5. The molecular weight excluding hydrogens is 384 g/mol. The molecule has 106 valence electrons. The van der Waals surface area contributed by atoms with Crippen molar-refractivity contribution in [2.75, 3.05) is 7.11 Å². The highest BCUT2D eigenvalue weighted by Gasteiger charge is 2.15. The first-order valence-electron chi connectivity index (χ1n) is 6.28. The molecule has 0 aromatic heterocycles. The SMILES string of the molecule is COc1ccc(Br)cc1CC(O)c1cccc(C)c1Br. The molecule has 0 saturated carbocycles. The Kier molecular flexibility index (Phi) is 5.24. The normalized spacial score (nSPS) is 12.2. The van der Waals surface area contributed by atoms with Gasteiger partial charge < -0.3 is 9.84 Å². The second kappa shape index (κ2) is 6.74. The molecule has 0 radical (unpaired) electrons. The first-order valence-corrected chi connectivity index (χ1v) is 7.87. The summed E-state index contributed by atoms with van der Waals surface area (Å²) < 4.78 is 7.28. The van der Waals surface area contributed by atoms with Crippen LogP contribution in [0.4, 0.5) is 0 Å². The molecule has 0 aliphatic carbocycles. The van der Waals surface area contributed by atoms with Crippen LogP contribution in [0.3, 0.4) is 0 Å². The zero-order valence-electron chi connectivity index (χ0n) is 11.4. The van der Waals surface area contributed by atoms with Gasteiger partial charge in [-0.25, -0.2) is 0 Å². The third-order valence-electron chi connectivity index (χ3n) is 3.24. The van der Waals surface area contributed by atoms with Crippen LogP contribution in [0.25, 0.3) is 0 Å². The van der Waals surface area contributed by atoms with Crippen molar-refractivity contribution in [1.82, 2.24) is 0 Å². The summed E-state index contributed by atoms with van der Waals surface area (Å²) in [4.78, 5) is 0. The predicted molar refractivity (Wildman–Crippen MR) is 88.2 cm³/mol. The number of aliphatic hydroxyl groups excluding tert-OH is 1. The van der Waals surface area contributed by atoms with Gasteiger partial charge in [-0.05, 0) is 41.8 Å². The van der Waals surface area contributed by atoms with Crippen LogP contribution in [0, 0.1) is 6.92 Å². The van der Waals surface area contributed by atoms with E-state index in [0.29, 0.717) is 6.42 Å². The second-order valence-corrected chi connectivity index (χ2v) is 6.36. The van der Waals surface area contributed by atoms with Crippen molar-refractivity contribution in [3.63, 3.8) is 0 Å². The Hall–Kier alpha value is -0.840. The molecule has 0 saturated heterocycles. The van der Waals surface area contributed by atoms with Crippen molar-refractivity contribution in [1.29, 1.82) is 0 Å². The van der Waals surface area contributed by atoms with Crippen molar-refractivity contribution in [2.45, 2.75) is 19.4 Å². The van der Waals surface area contributed by atoms with Crippen LogP contribution >= 0.6 is 31.9 Å². The number of aliphatic hydroxyl groups is 1. The Morgan fingerprint density at radius 2 is 1.95 bits per heavy atom. The maximum atomic E-state index is 10.5. The average molecular weight is 400 g/mol. The van der Waals surface area contributed by atoms with Gasteiger partial charge in [0.1, 0.15) is 5.75 Å². The summed E-state index contributed by atoms with van der Waals surface area (Å²) >= 11 is 6.99. The fourth-order valence-corrected chi connectivity index (χ4v) is 3.09. The van der Waals surface area contributed by atoms with Gasteiger partial charge in [0.05, 0.1) is 13.2 Å². The number of halogens is 2. The van der Waals surface area contributed by atoms with Gasteiger partial charge >= 0.3 is 0 Å². The number of hydrogen-bond donors (Lipinski definition) is 1. The summed E-state index contributed by atoms with van der Waals surface area (Å²) in [5.74, 6) is 0.788. The average Bonchev–Trinajstić information content (AvgIpc) is 2.42. The standard InChI is InChI=1S/C16H16Br2O2/c1-10-4-3-5-13(16(10)18)14(19)9-11-8-12(17)6-7-15(11)20-2/h3-8,14,19H,9H2,1-2H3. The predicted octanol–water partition coefficient (Wildman–Crippen LogP) is 4.80. The fraction of sp³-hybridized carbons (Fsp3) is 0.250. The highest BCUT2D eigenvalue weighted by molar-refractivity contribution is 9.10. The molecule has 0 spiro atoms. The molecule has 2 aromatic rings. The Morgan fingerprint density at radius 3 is 2.65 bits per heavy atom. The van der Waals surface area contributed by atoms with E-state index in [1.54, 1.807) is 7.11 Å². The van der Waals surface area contributed by atoms with E-state index in [0.717, 1.165) is 31.4 Å². The molecule has 2 nitrogen and oxygen atoms in total. The van der Waals surface area contributed by atoms with E-state index in [1.165, 1.54) is 0 Å². The van der Waals surface area contributed by atoms with Gasteiger partial charge in [0.25, 0.3) is 0 Å². The van der Waals surface area contributed by atoms with E-state index < -0.39 is 6.10 Å². The molecule has 4 heteroatoms. The van der Waals surface area contributed by atoms with Crippen LogP contribution in [0.15, 0.2) is 45.3 Å². The lowest BCUT2D eigenvalue weighted by Gasteiger charge is -2.16. The zero-order chi connectivity index (χ0) is 14.7. The fourth-order valence-electron chi connectivity index (χ4n) is 2.15. The molecule has 1 unspecified atom stereocenters. The summed E-state index contributed by atoms with van der Waals surface area (Å²) in [5.41, 5.74) is 2.98. The highest BCUT2D eigenvalue weighted by Crippen LogP contribution is 2.32. The largest absolute Gasteiger partial charge is 0.496 e. The zero-order valence-corrected chi connectivity index (χ0v) is 14.5. The number of benzene rings is 2. The molecule has 1 N–H and O–H groups in total. The Bertz CT molecular complexity index is 611. The minimum Gasteiger partial charge on any atom is -0.496 e. The maximum Gasteiger partial charge on any atom is 0.122 e. The van der Waals surface area contributed by atoms with Crippen molar-refractivity contribution < 1.29 is 9.84 Å². The Morgan fingerprint density at radius 1 is 1.20 bits per heavy atom. The molecule has 0 fully saturated rings. The summed E-state index contributed by atoms with van der Waals surface area (Å²) in [6, 6.07) is 11.7. The first kappa shape index (κ1) is 15.5. The molecule has 1 atom stereocenters. The molecule has 0 heterocycles. The number of hydrogen-bond acceptors (Lipinski definition) is 2. The lowest BCUT2D eigenvalue weighted by Crippen LogP contribution is -2.05. The van der Waals surface area contributed by atoms with E-state index in [2.05, 4.69) is 31.9 Å². The van der Waals surface area contributed by atoms with Gasteiger partial charge in [-0.3, -0.25) is 0 Å². The quantitative estimate of drug-likeness (QED) is 0.799. The molecule has 2 aromatic carbocycles. The van der Waals surface area contributed by atoms with Gasteiger partial charge in [0.2, 0.25) is 0 Å². The summed E-state index contributed by atoms with van der Waals surface area (Å²) in [6.07, 6.45) is -0.0718. The minimum absolute atomic E-state index is 0.505. The molecule has 2 rings (SSSR count). The topological polar surface area (TPSA) is 29.5 Å². The first-order chi connectivity index (χ1) is 9.52. The van der Waals surface area contributed by atoms with Gasteiger partial charge in [-0.2, -0.15) is 0 Å². The molecule has 20 heavy (non-hydrogen) atoms. The third kappa shape index (κ3) is 3.43. The third-order valence-corrected chi connectivity index (χ3v) is 4.81. The number of aryl methyl sites for hydroxylation is 1. The lowest BCUT2D eigenvalue weighted by molar-refractivity contribution is 0.176. The van der Waals surface area contributed by atoms with Crippen molar-refractivity contribution in [3.8, 4) is 5.75 Å². The van der Waals surface area contributed by atoms with E-state index in [9.17, 15) is 5.11 Å². The molecule has 0 aliphatic heterocycles. The smallest absolute Gasteiger partial charge is 0.122 e. The molecule has 0 amide bonds. The van der Waals surface area contributed by atoms with Gasteiger partial charge in [0.15, 0.2) is 0 Å². The highest BCUT2D eigenvalue weighted by atomic mass is 79.9. The molecule has 0 aliphatic rings. The van der Waals surface area contributed by atoms with Gasteiger partial charge in [0, 0.05) is 15.4 Å². The van der Waals surface area contributed by atoms with Crippen LogP contribution in [0.1, 0.15) is 22.8 Å². The summed E-state index contributed by atoms with van der Waals surface area (Å²) in [7, 11) is 1.64. The van der Waals surface area contributed by atoms with Crippen LogP contribution in [0.2, 0.25) is 0 Å². The molecule has 0 bridgehead atoms. The van der Waals surface area contributed by atoms with Crippen LogP contribution in [-0.2, 0) is 6.42 Å².